The van der Waals surface area contributed by atoms with E-state index < -0.39 is 11.5 Å². The predicted octanol–water partition coefficient (Wildman–Crippen LogP) is 4.20. The van der Waals surface area contributed by atoms with Crippen LogP contribution in [0.1, 0.15) is 27.0 Å². The highest BCUT2D eigenvalue weighted by Crippen LogP contribution is 2.48. The summed E-state index contributed by atoms with van der Waals surface area (Å²) in [5.41, 5.74) is 16.0. The molecule has 0 aliphatic carbocycles. The van der Waals surface area contributed by atoms with Crippen molar-refractivity contribution < 1.29 is 9.53 Å². The van der Waals surface area contributed by atoms with Crippen LogP contribution in [0, 0.1) is 6.92 Å². The van der Waals surface area contributed by atoms with Crippen LogP contribution < -0.4 is 16.2 Å². The third kappa shape index (κ3) is 2.86. The van der Waals surface area contributed by atoms with Crippen molar-refractivity contribution in [1.82, 2.24) is 0 Å². The summed E-state index contributed by atoms with van der Waals surface area (Å²) in [5.74, 6) is 0.242. The van der Waals surface area contributed by atoms with Gasteiger partial charge >= 0.3 is 0 Å². The smallest absolute Gasteiger partial charge is 0.249 e. The number of hydrogen-bond acceptors (Lipinski definition) is 3. The predicted molar refractivity (Wildman–Crippen MR) is 112 cm³/mol. The number of hydrogen-bond donors (Lipinski definition) is 2. The van der Waals surface area contributed by atoms with Crippen LogP contribution in [0.4, 0.5) is 0 Å². The van der Waals surface area contributed by atoms with E-state index in [0.717, 1.165) is 33.6 Å². The SMILES string of the molecule is Cc1cccc(C(N)=O)c1-c1c(Cl)ccc2c1CC(CN)(c1ccccc1)O2. The van der Waals surface area contributed by atoms with E-state index in [1.54, 1.807) is 12.1 Å². The summed E-state index contributed by atoms with van der Waals surface area (Å²) in [6.07, 6.45) is 0.561. The number of benzene rings is 3. The van der Waals surface area contributed by atoms with Crippen molar-refractivity contribution in [3.63, 3.8) is 0 Å². The van der Waals surface area contributed by atoms with Gasteiger partial charge in [-0.05, 0) is 41.8 Å². The molecule has 0 fully saturated rings. The summed E-state index contributed by atoms with van der Waals surface area (Å²) in [6.45, 7) is 2.26. The maximum Gasteiger partial charge on any atom is 0.249 e. The van der Waals surface area contributed by atoms with Crippen LogP contribution in [0.3, 0.4) is 0 Å². The second-order valence-corrected chi connectivity index (χ2v) is 7.51. The zero-order valence-electron chi connectivity index (χ0n) is 15.5. The number of carbonyl (C=O) groups is 1. The normalized spacial score (nSPS) is 17.8. The van der Waals surface area contributed by atoms with E-state index in [1.807, 2.05) is 55.5 Å². The Labute approximate surface area is 169 Å². The average molecular weight is 393 g/mol. The zero-order chi connectivity index (χ0) is 19.9. The summed E-state index contributed by atoms with van der Waals surface area (Å²) in [6, 6.07) is 19.1. The largest absolute Gasteiger partial charge is 0.481 e. The number of fused-ring (bicyclic) bond motifs is 1. The molecule has 1 aliphatic heterocycles. The lowest BCUT2D eigenvalue weighted by atomic mass is 9.84. The van der Waals surface area contributed by atoms with Crippen LogP contribution in [-0.4, -0.2) is 12.5 Å². The molecule has 0 aromatic heterocycles. The minimum atomic E-state index is -0.668. The lowest BCUT2D eigenvalue weighted by molar-refractivity contribution is 0.100. The maximum absolute atomic E-state index is 12.1. The Hall–Kier alpha value is -2.82. The second-order valence-electron chi connectivity index (χ2n) is 7.10. The fraction of sp³-hybridized carbons (Fsp3) is 0.174. The van der Waals surface area contributed by atoms with Crippen molar-refractivity contribution in [2.45, 2.75) is 18.9 Å². The first-order valence-corrected chi connectivity index (χ1v) is 9.50. The van der Waals surface area contributed by atoms with Crippen molar-refractivity contribution >= 4 is 17.5 Å². The highest BCUT2D eigenvalue weighted by Gasteiger charge is 2.42. The van der Waals surface area contributed by atoms with E-state index in [2.05, 4.69) is 0 Å². The molecule has 0 bridgehead atoms. The molecule has 4 rings (SSSR count). The van der Waals surface area contributed by atoms with E-state index in [1.165, 1.54) is 0 Å². The van der Waals surface area contributed by atoms with E-state index in [9.17, 15) is 4.79 Å². The molecule has 0 saturated heterocycles. The Morgan fingerprint density at radius 3 is 2.50 bits per heavy atom. The first-order chi connectivity index (χ1) is 13.5. The second kappa shape index (κ2) is 6.97. The van der Waals surface area contributed by atoms with Gasteiger partial charge in [-0.25, -0.2) is 0 Å². The van der Waals surface area contributed by atoms with E-state index >= 15 is 0 Å². The molecule has 1 unspecified atom stereocenters. The Balaban J connectivity index is 1.94. The molecule has 1 amide bonds. The monoisotopic (exact) mass is 392 g/mol. The number of nitrogens with two attached hydrogens (primary N) is 2. The van der Waals surface area contributed by atoms with Crippen molar-refractivity contribution in [3.8, 4) is 16.9 Å². The number of halogens is 1. The van der Waals surface area contributed by atoms with Gasteiger partial charge in [0, 0.05) is 34.7 Å². The lowest BCUT2D eigenvalue weighted by Gasteiger charge is -2.27. The van der Waals surface area contributed by atoms with Gasteiger partial charge in [-0.2, -0.15) is 0 Å². The van der Waals surface area contributed by atoms with Crippen molar-refractivity contribution in [2.24, 2.45) is 11.5 Å². The third-order valence-corrected chi connectivity index (χ3v) is 5.72. The quantitative estimate of drug-likeness (QED) is 0.698. The molecular weight excluding hydrogens is 372 g/mol. The average Bonchev–Trinajstić information content (AvgIpc) is 3.09. The molecular formula is C23H21ClN2O2. The number of carbonyl (C=O) groups excluding carboxylic acids is 1. The Kier molecular flexibility index (Phi) is 4.61. The lowest BCUT2D eigenvalue weighted by Crippen LogP contribution is -2.39. The molecule has 1 aliphatic rings. The van der Waals surface area contributed by atoms with Crippen molar-refractivity contribution in [1.29, 1.82) is 0 Å². The van der Waals surface area contributed by atoms with E-state index in [-0.39, 0.29) is 0 Å². The molecule has 5 heteroatoms. The van der Waals surface area contributed by atoms with Gasteiger partial charge in [0.1, 0.15) is 5.75 Å². The van der Waals surface area contributed by atoms with Gasteiger partial charge in [0.2, 0.25) is 5.91 Å². The van der Waals surface area contributed by atoms with Gasteiger partial charge in [0.15, 0.2) is 5.60 Å². The van der Waals surface area contributed by atoms with Crippen LogP contribution in [0.5, 0.6) is 5.75 Å². The molecule has 1 atom stereocenters. The molecule has 0 radical (unpaired) electrons. The van der Waals surface area contributed by atoms with Gasteiger partial charge in [-0.15, -0.1) is 0 Å². The van der Waals surface area contributed by atoms with Crippen LogP contribution >= 0.6 is 11.6 Å². The Morgan fingerprint density at radius 2 is 1.82 bits per heavy atom. The summed E-state index contributed by atoms with van der Waals surface area (Å²) in [5, 5.41) is 0.556. The Morgan fingerprint density at radius 1 is 1.07 bits per heavy atom. The van der Waals surface area contributed by atoms with Crippen LogP contribution in [0.15, 0.2) is 60.7 Å². The van der Waals surface area contributed by atoms with Crippen LogP contribution in [0.2, 0.25) is 5.02 Å². The summed E-state index contributed by atoms with van der Waals surface area (Å²) >= 11 is 6.63. The summed E-state index contributed by atoms with van der Waals surface area (Å²) in [4.78, 5) is 12.1. The van der Waals surface area contributed by atoms with Crippen molar-refractivity contribution in [3.05, 3.63) is 87.9 Å². The molecule has 3 aromatic rings. The molecule has 28 heavy (non-hydrogen) atoms. The Bertz CT molecular complexity index is 1070. The minimum absolute atomic E-state index is 0.319. The van der Waals surface area contributed by atoms with E-state index in [4.69, 9.17) is 27.8 Å². The molecule has 3 aromatic carbocycles. The van der Waals surface area contributed by atoms with Gasteiger partial charge < -0.3 is 16.2 Å². The maximum atomic E-state index is 12.1. The topological polar surface area (TPSA) is 78.3 Å². The number of aryl methyl sites for hydroxylation is 1. The molecule has 4 N–H and O–H groups in total. The number of ether oxygens (including phenoxy) is 1. The van der Waals surface area contributed by atoms with Gasteiger partial charge in [0.05, 0.1) is 0 Å². The first-order valence-electron chi connectivity index (χ1n) is 9.12. The molecule has 0 saturated carbocycles. The molecule has 4 nitrogen and oxygen atoms in total. The van der Waals surface area contributed by atoms with Crippen molar-refractivity contribution in [2.75, 3.05) is 6.54 Å². The van der Waals surface area contributed by atoms with Gasteiger partial charge in [-0.3, -0.25) is 4.79 Å². The van der Waals surface area contributed by atoms with Gasteiger partial charge in [-0.1, -0.05) is 54.1 Å². The molecule has 1 heterocycles. The molecule has 142 valence electrons. The van der Waals surface area contributed by atoms with E-state index in [0.29, 0.717) is 23.6 Å². The first kappa shape index (κ1) is 18.5. The number of rotatable bonds is 4. The standard InChI is InChI=1S/C23H21ClN2O2/c1-14-6-5-9-16(22(26)27)20(14)21-17-12-23(13-25,15-7-3-2-4-8-15)28-19(17)11-10-18(21)24/h2-11H,12-13,25H2,1H3,(H2,26,27). The zero-order valence-corrected chi connectivity index (χ0v) is 16.3. The van der Waals surface area contributed by atoms with Gasteiger partial charge in [0.25, 0.3) is 0 Å². The number of amides is 1. The third-order valence-electron chi connectivity index (χ3n) is 5.40. The number of primary amides is 1. The van der Waals surface area contributed by atoms with Crippen LogP contribution in [0.25, 0.3) is 11.1 Å². The van der Waals surface area contributed by atoms with Crippen LogP contribution in [-0.2, 0) is 12.0 Å². The summed E-state index contributed by atoms with van der Waals surface area (Å²) in [7, 11) is 0. The molecule has 0 spiro atoms. The fourth-order valence-corrected chi connectivity index (χ4v) is 4.28. The highest BCUT2D eigenvalue weighted by atomic mass is 35.5. The summed E-state index contributed by atoms with van der Waals surface area (Å²) < 4.78 is 6.39. The minimum Gasteiger partial charge on any atom is -0.481 e. The fourth-order valence-electron chi connectivity index (χ4n) is 4.01. The highest BCUT2D eigenvalue weighted by molar-refractivity contribution is 6.34.